The molecule has 3 aromatic rings. The summed E-state index contributed by atoms with van der Waals surface area (Å²) < 4.78 is 10.4. The van der Waals surface area contributed by atoms with Gasteiger partial charge < -0.3 is 9.64 Å². The van der Waals surface area contributed by atoms with Crippen LogP contribution in [0.15, 0.2) is 29.0 Å². The molecule has 7 heteroatoms. The van der Waals surface area contributed by atoms with Crippen molar-refractivity contribution >= 4 is 35.3 Å². The molecular weight excluding hydrogens is 386 g/mol. The van der Waals surface area contributed by atoms with Crippen LogP contribution in [0.5, 0.6) is 10.9 Å². The SMILES string of the molecule is CCN(C)CCc1cc(C)c(Oc2nc(-c3ccsc3)ns2)cc1C.Cl. The van der Waals surface area contributed by atoms with Crippen LogP contribution in [0.3, 0.4) is 0 Å². The summed E-state index contributed by atoms with van der Waals surface area (Å²) in [6.45, 7) is 8.55. The third-order valence-corrected chi connectivity index (χ3v) is 5.60. The second kappa shape index (κ2) is 9.46. The van der Waals surface area contributed by atoms with E-state index in [4.69, 9.17) is 4.74 Å². The first-order chi connectivity index (χ1) is 12.1. The number of hydrogen-bond donors (Lipinski definition) is 0. The number of hydrogen-bond acceptors (Lipinski definition) is 6. The van der Waals surface area contributed by atoms with Crippen molar-refractivity contribution in [2.45, 2.75) is 27.2 Å². The number of thiophene rings is 1. The summed E-state index contributed by atoms with van der Waals surface area (Å²) in [6.07, 6.45) is 1.05. The van der Waals surface area contributed by atoms with Gasteiger partial charge in [0, 0.05) is 29.0 Å². The zero-order valence-corrected chi connectivity index (χ0v) is 17.9. The van der Waals surface area contributed by atoms with Crippen LogP contribution in [0.25, 0.3) is 11.4 Å². The van der Waals surface area contributed by atoms with E-state index in [0.717, 1.165) is 42.2 Å². The van der Waals surface area contributed by atoms with Gasteiger partial charge in [0.25, 0.3) is 5.19 Å². The molecule has 0 spiro atoms. The van der Waals surface area contributed by atoms with E-state index in [9.17, 15) is 0 Å². The summed E-state index contributed by atoms with van der Waals surface area (Å²) in [4.78, 5) is 6.82. The maximum absolute atomic E-state index is 6.01. The summed E-state index contributed by atoms with van der Waals surface area (Å²) in [5.41, 5.74) is 4.81. The zero-order chi connectivity index (χ0) is 17.8. The van der Waals surface area contributed by atoms with Crippen molar-refractivity contribution in [2.75, 3.05) is 20.1 Å². The van der Waals surface area contributed by atoms with Crippen LogP contribution < -0.4 is 4.74 Å². The molecule has 2 heterocycles. The molecule has 0 fully saturated rings. The Bertz CT molecular complexity index is 833. The third kappa shape index (κ3) is 5.04. The molecular formula is C19H24ClN3OS2. The number of likely N-dealkylation sites (N-methyl/N-ethyl adjacent to an activating group) is 1. The van der Waals surface area contributed by atoms with E-state index < -0.39 is 0 Å². The van der Waals surface area contributed by atoms with Gasteiger partial charge in [-0.3, -0.25) is 0 Å². The number of nitrogens with zero attached hydrogens (tertiary/aromatic N) is 3. The number of aryl methyl sites for hydroxylation is 2. The summed E-state index contributed by atoms with van der Waals surface area (Å²) in [5.74, 6) is 1.59. The van der Waals surface area contributed by atoms with Gasteiger partial charge in [-0.1, -0.05) is 13.0 Å². The zero-order valence-electron chi connectivity index (χ0n) is 15.5. The molecule has 0 aliphatic rings. The normalized spacial score (nSPS) is 10.8. The van der Waals surface area contributed by atoms with Gasteiger partial charge in [0.05, 0.1) is 0 Å². The molecule has 3 rings (SSSR count). The first kappa shape index (κ1) is 20.8. The maximum atomic E-state index is 6.01. The fourth-order valence-corrected chi connectivity index (χ4v) is 3.75. The second-order valence-corrected chi connectivity index (χ2v) is 7.68. The molecule has 140 valence electrons. The minimum absolute atomic E-state index is 0. The van der Waals surface area contributed by atoms with E-state index >= 15 is 0 Å². The molecule has 0 amide bonds. The molecule has 0 N–H and O–H groups in total. The predicted molar refractivity (Wildman–Crippen MR) is 113 cm³/mol. The molecule has 0 saturated heterocycles. The summed E-state index contributed by atoms with van der Waals surface area (Å²) in [7, 11) is 2.15. The minimum Gasteiger partial charge on any atom is -0.430 e. The Balaban J connectivity index is 0.00000243. The van der Waals surface area contributed by atoms with Crippen LogP contribution >= 0.6 is 35.3 Å². The van der Waals surface area contributed by atoms with Crippen LogP contribution in [0, 0.1) is 13.8 Å². The molecule has 0 unspecified atom stereocenters. The van der Waals surface area contributed by atoms with Crippen LogP contribution in [0.4, 0.5) is 0 Å². The van der Waals surface area contributed by atoms with Crippen LogP contribution in [0.2, 0.25) is 0 Å². The predicted octanol–water partition coefficient (Wildman–Crippen LogP) is 5.59. The highest BCUT2D eigenvalue weighted by molar-refractivity contribution is 7.08. The van der Waals surface area contributed by atoms with Crippen molar-refractivity contribution in [2.24, 2.45) is 0 Å². The van der Waals surface area contributed by atoms with Gasteiger partial charge in [-0.25, -0.2) is 0 Å². The van der Waals surface area contributed by atoms with Crippen molar-refractivity contribution in [1.29, 1.82) is 0 Å². The topological polar surface area (TPSA) is 38.2 Å². The highest BCUT2D eigenvalue weighted by Crippen LogP contribution is 2.31. The number of aromatic nitrogens is 2. The van der Waals surface area contributed by atoms with E-state index in [1.807, 2.05) is 16.8 Å². The Morgan fingerprint density at radius 1 is 1.19 bits per heavy atom. The largest absolute Gasteiger partial charge is 0.430 e. The Hall–Kier alpha value is -1.47. The second-order valence-electron chi connectivity index (χ2n) is 6.19. The lowest BCUT2D eigenvalue weighted by Crippen LogP contribution is -2.20. The lowest BCUT2D eigenvalue weighted by atomic mass is 10.0. The molecule has 0 radical (unpaired) electrons. The number of ether oxygens (including phenoxy) is 1. The molecule has 2 aromatic heterocycles. The van der Waals surface area contributed by atoms with Crippen molar-refractivity contribution in [1.82, 2.24) is 14.3 Å². The lowest BCUT2D eigenvalue weighted by molar-refractivity contribution is 0.357. The lowest BCUT2D eigenvalue weighted by Gasteiger charge is -2.16. The van der Waals surface area contributed by atoms with Gasteiger partial charge in [0.2, 0.25) is 0 Å². The molecule has 0 bridgehead atoms. The molecule has 0 aliphatic carbocycles. The Morgan fingerprint density at radius 2 is 2.00 bits per heavy atom. The van der Waals surface area contributed by atoms with E-state index in [2.05, 4.69) is 54.2 Å². The van der Waals surface area contributed by atoms with E-state index in [-0.39, 0.29) is 12.4 Å². The van der Waals surface area contributed by atoms with E-state index in [0.29, 0.717) is 5.19 Å². The maximum Gasteiger partial charge on any atom is 0.299 e. The van der Waals surface area contributed by atoms with Crippen LogP contribution in [-0.2, 0) is 6.42 Å². The Kier molecular flexibility index (Phi) is 7.58. The van der Waals surface area contributed by atoms with Gasteiger partial charge in [0.15, 0.2) is 5.82 Å². The molecule has 26 heavy (non-hydrogen) atoms. The van der Waals surface area contributed by atoms with Gasteiger partial charge in [-0.05, 0) is 68.1 Å². The van der Waals surface area contributed by atoms with Crippen molar-refractivity contribution < 1.29 is 4.74 Å². The van der Waals surface area contributed by atoms with Crippen molar-refractivity contribution in [3.8, 4) is 22.3 Å². The highest BCUT2D eigenvalue weighted by atomic mass is 35.5. The van der Waals surface area contributed by atoms with Gasteiger partial charge >= 0.3 is 0 Å². The molecule has 1 aromatic carbocycles. The van der Waals surface area contributed by atoms with Gasteiger partial charge in [-0.15, -0.1) is 12.4 Å². The average molecular weight is 410 g/mol. The molecule has 0 aliphatic heterocycles. The van der Waals surface area contributed by atoms with Crippen molar-refractivity contribution in [3.63, 3.8) is 0 Å². The van der Waals surface area contributed by atoms with E-state index in [1.165, 1.54) is 22.7 Å². The molecule has 4 nitrogen and oxygen atoms in total. The van der Waals surface area contributed by atoms with Crippen LogP contribution in [0.1, 0.15) is 23.6 Å². The fraction of sp³-hybridized carbons (Fsp3) is 0.368. The average Bonchev–Trinajstić information content (AvgIpc) is 3.27. The minimum atomic E-state index is 0. The third-order valence-electron chi connectivity index (χ3n) is 4.32. The highest BCUT2D eigenvalue weighted by Gasteiger charge is 2.12. The Labute approximate surface area is 169 Å². The van der Waals surface area contributed by atoms with Crippen molar-refractivity contribution in [3.05, 3.63) is 45.6 Å². The number of halogens is 1. The van der Waals surface area contributed by atoms with Crippen LogP contribution in [-0.4, -0.2) is 34.4 Å². The first-order valence-electron chi connectivity index (χ1n) is 8.39. The quantitative estimate of drug-likeness (QED) is 0.509. The molecule has 0 saturated carbocycles. The Morgan fingerprint density at radius 3 is 2.69 bits per heavy atom. The monoisotopic (exact) mass is 409 g/mol. The summed E-state index contributed by atoms with van der Waals surface area (Å²) >= 11 is 2.94. The summed E-state index contributed by atoms with van der Waals surface area (Å²) in [5, 5.41) is 4.66. The smallest absolute Gasteiger partial charge is 0.299 e. The standard InChI is InChI=1S/C19H23N3OS2.ClH/c1-5-22(4)8-6-15-10-14(3)17(11-13(15)2)23-19-20-18(21-25-19)16-7-9-24-12-16;/h7,9-12H,5-6,8H2,1-4H3;1H. The fourth-order valence-electron chi connectivity index (χ4n) is 2.55. The molecule has 0 atom stereocenters. The van der Waals surface area contributed by atoms with Gasteiger partial charge in [0.1, 0.15) is 5.75 Å². The summed E-state index contributed by atoms with van der Waals surface area (Å²) in [6, 6.07) is 6.37. The van der Waals surface area contributed by atoms with E-state index in [1.54, 1.807) is 11.3 Å². The van der Waals surface area contributed by atoms with Gasteiger partial charge in [-0.2, -0.15) is 20.7 Å². The number of benzene rings is 1. The number of rotatable bonds is 7. The first-order valence-corrected chi connectivity index (χ1v) is 10.1.